The van der Waals surface area contributed by atoms with E-state index in [1.165, 1.54) is 31.2 Å². The normalized spacial score (nSPS) is 11.8. The predicted molar refractivity (Wildman–Crippen MR) is 90.4 cm³/mol. The van der Waals surface area contributed by atoms with Gasteiger partial charge in [0.25, 0.3) is 5.69 Å². The van der Waals surface area contributed by atoms with Crippen LogP contribution in [0, 0.1) is 21.7 Å². The number of carboxylic acids is 1. The number of nitro groups is 1. The summed E-state index contributed by atoms with van der Waals surface area (Å²) in [6, 6.07) is 5.96. The van der Waals surface area contributed by atoms with Gasteiger partial charge in [-0.15, -0.1) is 0 Å². The van der Waals surface area contributed by atoms with Crippen LogP contribution in [0.25, 0.3) is 0 Å². The fourth-order valence-electron chi connectivity index (χ4n) is 2.30. The third kappa shape index (κ3) is 4.11. The van der Waals surface area contributed by atoms with Crippen molar-refractivity contribution in [2.24, 2.45) is 0 Å². The van der Waals surface area contributed by atoms with Gasteiger partial charge in [-0.3, -0.25) is 10.1 Å². The Balaban J connectivity index is 2.61. The Labute approximate surface area is 150 Å². The zero-order valence-corrected chi connectivity index (χ0v) is 14.5. The number of carboxylic acid groups (broad SMARTS) is 1. The molecule has 0 saturated heterocycles. The molecule has 1 N–H and O–H groups in total. The van der Waals surface area contributed by atoms with E-state index in [1.807, 2.05) is 0 Å². The van der Waals surface area contributed by atoms with Crippen molar-refractivity contribution >= 4 is 33.3 Å². The molecule has 2 aromatic carbocycles. The summed E-state index contributed by atoms with van der Waals surface area (Å²) in [5.41, 5.74) is -0.796. The number of halogens is 3. The van der Waals surface area contributed by atoms with Gasteiger partial charge < -0.3 is 10.0 Å². The van der Waals surface area contributed by atoms with Crippen LogP contribution in [0.2, 0.25) is 0 Å². The molecule has 0 heterocycles. The molecule has 0 spiro atoms. The molecule has 0 saturated carbocycles. The van der Waals surface area contributed by atoms with Crippen LogP contribution < -0.4 is 4.90 Å². The molecule has 132 valence electrons. The average Bonchev–Trinajstić information content (AvgIpc) is 2.53. The highest BCUT2D eigenvalue weighted by molar-refractivity contribution is 9.10. The average molecular weight is 415 g/mol. The lowest BCUT2D eigenvalue weighted by Gasteiger charge is -2.28. The Bertz CT molecular complexity index is 812. The first-order chi connectivity index (χ1) is 11.7. The van der Waals surface area contributed by atoms with E-state index in [0.717, 1.165) is 17.0 Å². The summed E-state index contributed by atoms with van der Waals surface area (Å²) in [6.07, 6.45) is 0. The smallest absolute Gasteiger partial charge is 0.326 e. The van der Waals surface area contributed by atoms with E-state index in [1.54, 1.807) is 0 Å². The molecular weight excluding hydrogens is 402 g/mol. The molecule has 2 rings (SSSR count). The summed E-state index contributed by atoms with van der Waals surface area (Å²) < 4.78 is 28.4. The molecule has 0 aliphatic carbocycles. The highest BCUT2D eigenvalue weighted by Gasteiger charge is 2.29. The number of rotatable bonds is 6. The van der Waals surface area contributed by atoms with Gasteiger partial charge in [-0.2, -0.15) is 0 Å². The zero-order chi connectivity index (χ0) is 18.7. The van der Waals surface area contributed by atoms with Crippen LogP contribution in [0.15, 0.2) is 40.9 Å². The van der Waals surface area contributed by atoms with E-state index in [4.69, 9.17) is 0 Å². The van der Waals surface area contributed by atoms with Crippen molar-refractivity contribution < 1.29 is 23.6 Å². The number of aliphatic carboxylic acids is 1. The minimum absolute atomic E-state index is 0.0584. The number of nitro benzene ring substituents is 1. The van der Waals surface area contributed by atoms with Gasteiger partial charge in [-0.25, -0.2) is 13.6 Å². The lowest BCUT2D eigenvalue weighted by Crippen LogP contribution is -2.39. The Morgan fingerprint density at radius 3 is 2.44 bits per heavy atom. The quantitative estimate of drug-likeness (QED) is 0.567. The molecule has 1 unspecified atom stereocenters. The fraction of sp³-hybridized carbons (Fsp3) is 0.188. The highest BCUT2D eigenvalue weighted by Crippen LogP contribution is 2.34. The molecule has 1 atom stereocenters. The number of benzene rings is 2. The standard InChI is InChI=1S/C16H13BrF2N2O4/c1-9(16(22)23)20(8-11-12(18)3-2-4-13(11)19)15-7-10(17)5-6-14(15)21(24)25/h2-7,9H,8H2,1H3,(H,22,23). The van der Waals surface area contributed by atoms with Gasteiger partial charge in [-0.05, 0) is 31.2 Å². The lowest BCUT2D eigenvalue weighted by atomic mass is 10.1. The number of carbonyl (C=O) groups is 1. The number of anilines is 1. The molecular formula is C16H13BrF2N2O4. The Kier molecular flexibility index (Phi) is 5.68. The van der Waals surface area contributed by atoms with Gasteiger partial charge in [0.05, 0.1) is 4.92 Å². The summed E-state index contributed by atoms with van der Waals surface area (Å²) in [4.78, 5) is 23.1. The van der Waals surface area contributed by atoms with Crippen molar-refractivity contribution in [1.82, 2.24) is 0 Å². The molecule has 0 radical (unpaired) electrons. The monoisotopic (exact) mass is 414 g/mol. The predicted octanol–water partition coefficient (Wildman–Crippen LogP) is 4.12. The van der Waals surface area contributed by atoms with Gasteiger partial charge in [-0.1, -0.05) is 22.0 Å². The maximum absolute atomic E-state index is 14.0. The van der Waals surface area contributed by atoms with Crippen LogP contribution in [0.1, 0.15) is 12.5 Å². The van der Waals surface area contributed by atoms with Crippen molar-refractivity contribution in [3.63, 3.8) is 0 Å². The van der Waals surface area contributed by atoms with Crippen molar-refractivity contribution in [1.29, 1.82) is 0 Å². The van der Waals surface area contributed by atoms with Gasteiger partial charge in [0, 0.05) is 22.6 Å². The number of hydrogen-bond acceptors (Lipinski definition) is 4. The second-order valence-electron chi connectivity index (χ2n) is 5.23. The van der Waals surface area contributed by atoms with Crippen LogP contribution in [0.5, 0.6) is 0 Å². The Morgan fingerprint density at radius 1 is 1.32 bits per heavy atom. The molecule has 0 bridgehead atoms. The summed E-state index contributed by atoms with van der Waals surface area (Å²) in [5, 5.41) is 20.6. The maximum Gasteiger partial charge on any atom is 0.326 e. The highest BCUT2D eigenvalue weighted by atomic mass is 79.9. The summed E-state index contributed by atoms with van der Waals surface area (Å²) in [5.74, 6) is -3.01. The van der Waals surface area contributed by atoms with Gasteiger partial charge in [0.2, 0.25) is 0 Å². The van der Waals surface area contributed by atoms with Crippen molar-refractivity contribution in [2.45, 2.75) is 19.5 Å². The van der Waals surface area contributed by atoms with Crippen LogP contribution in [-0.4, -0.2) is 22.0 Å². The number of nitrogens with zero attached hydrogens (tertiary/aromatic N) is 2. The molecule has 0 aliphatic rings. The summed E-state index contributed by atoms with van der Waals surface area (Å²) in [6.45, 7) is 0.801. The molecule has 25 heavy (non-hydrogen) atoms. The van der Waals surface area contributed by atoms with Crippen molar-refractivity contribution in [3.8, 4) is 0 Å². The molecule has 2 aromatic rings. The van der Waals surface area contributed by atoms with Crippen molar-refractivity contribution in [2.75, 3.05) is 4.90 Å². The zero-order valence-electron chi connectivity index (χ0n) is 12.9. The summed E-state index contributed by atoms with van der Waals surface area (Å²) >= 11 is 3.17. The first kappa shape index (κ1) is 18.8. The molecule has 0 amide bonds. The van der Waals surface area contributed by atoms with Crippen LogP contribution in [0.4, 0.5) is 20.2 Å². The molecule has 0 aliphatic heterocycles. The SMILES string of the molecule is CC(C(=O)O)N(Cc1c(F)cccc1F)c1cc(Br)ccc1[N+](=O)[O-]. The second kappa shape index (κ2) is 7.56. The van der Waals surface area contributed by atoms with Crippen LogP contribution >= 0.6 is 15.9 Å². The first-order valence-corrected chi connectivity index (χ1v) is 7.88. The van der Waals surface area contributed by atoms with Gasteiger partial charge in [0.1, 0.15) is 23.4 Å². The second-order valence-corrected chi connectivity index (χ2v) is 6.15. The van der Waals surface area contributed by atoms with Crippen LogP contribution in [-0.2, 0) is 11.3 Å². The first-order valence-electron chi connectivity index (χ1n) is 7.08. The van der Waals surface area contributed by atoms with Gasteiger partial charge in [0.15, 0.2) is 0 Å². The van der Waals surface area contributed by atoms with E-state index < -0.39 is 35.1 Å². The topological polar surface area (TPSA) is 83.7 Å². The maximum atomic E-state index is 14.0. The largest absolute Gasteiger partial charge is 0.480 e. The molecule has 6 nitrogen and oxygen atoms in total. The van der Waals surface area contributed by atoms with Crippen LogP contribution in [0.3, 0.4) is 0 Å². The molecule has 9 heteroatoms. The van der Waals surface area contributed by atoms with E-state index >= 15 is 0 Å². The van der Waals surface area contributed by atoms with Crippen molar-refractivity contribution in [3.05, 3.63) is 68.2 Å². The molecule has 0 fully saturated rings. The van der Waals surface area contributed by atoms with E-state index in [0.29, 0.717) is 4.47 Å². The third-order valence-electron chi connectivity index (χ3n) is 3.66. The van der Waals surface area contributed by atoms with E-state index in [-0.39, 0.29) is 16.9 Å². The minimum Gasteiger partial charge on any atom is -0.480 e. The lowest BCUT2D eigenvalue weighted by molar-refractivity contribution is -0.384. The van der Waals surface area contributed by atoms with E-state index in [9.17, 15) is 28.8 Å². The summed E-state index contributed by atoms with van der Waals surface area (Å²) in [7, 11) is 0. The Hall–Kier alpha value is -2.55. The Morgan fingerprint density at radius 2 is 1.92 bits per heavy atom. The minimum atomic E-state index is -1.29. The molecule has 0 aromatic heterocycles. The fourth-order valence-corrected chi connectivity index (χ4v) is 2.65. The number of hydrogen-bond donors (Lipinski definition) is 1. The van der Waals surface area contributed by atoms with E-state index in [2.05, 4.69) is 15.9 Å². The third-order valence-corrected chi connectivity index (χ3v) is 4.15. The van der Waals surface area contributed by atoms with Gasteiger partial charge >= 0.3 is 5.97 Å².